The smallest absolute Gasteiger partial charge is 0.267 e. The van der Waals surface area contributed by atoms with Crippen molar-refractivity contribution in [3.63, 3.8) is 0 Å². The number of nitrogens with one attached hydrogen (secondary N) is 2. The van der Waals surface area contributed by atoms with E-state index in [1.807, 2.05) is 6.92 Å². The summed E-state index contributed by atoms with van der Waals surface area (Å²) >= 11 is 0. The number of hydrogen-bond acceptors (Lipinski definition) is 6. The maximum absolute atomic E-state index is 12.3. The quantitative estimate of drug-likeness (QED) is 0.308. The zero-order valence-corrected chi connectivity index (χ0v) is 16.6. The third-order valence-corrected chi connectivity index (χ3v) is 4.50. The van der Waals surface area contributed by atoms with Crippen LogP contribution in [0.2, 0.25) is 0 Å². The van der Waals surface area contributed by atoms with Gasteiger partial charge in [0.1, 0.15) is 6.04 Å². The number of amides is 2. The molecule has 1 fully saturated rings. The van der Waals surface area contributed by atoms with Crippen LogP contribution in [0.4, 0.5) is 0 Å². The van der Waals surface area contributed by atoms with Gasteiger partial charge in [-0.05, 0) is 50.0 Å². The van der Waals surface area contributed by atoms with Crippen molar-refractivity contribution < 1.29 is 19.5 Å². The van der Waals surface area contributed by atoms with Crippen LogP contribution in [0.5, 0.6) is 0 Å². The summed E-state index contributed by atoms with van der Waals surface area (Å²) in [7, 11) is 0. The van der Waals surface area contributed by atoms with Crippen molar-refractivity contribution in [3.05, 3.63) is 35.4 Å². The molecule has 1 aliphatic rings. The molecule has 1 heterocycles. The molecule has 2 amide bonds. The minimum absolute atomic E-state index is 0.119. The zero-order valence-electron chi connectivity index (χ0n) is 16.6. The largest absolute Gasteiger partial charge is 0.379 e. The van der Waals surface area contributed by atoms with Gasteiger partial charge in [0.2, 0.25) is 0 Å². The molecule has 8 nitrogen and oxygen atoms in total. The number of carbonyl (C=O) groups excluding carboxylic acids is 2. The van der Waals surface area contributed by atoms with Crippen LogP contribution in [-0.2, 0) is 9.53 Å². The number of hydroxylamine groups is 1. The summed E-state index contributed by atoms with van der Waals surface area (Å²) in [6.45, 7) is 6.80. The second-order valence-electron chi connectivity index (χ2n) is 6.71. The molecule has 2 rings (SSSR count). The fourth-order valence-corrected chi connectivity index (χ4v) is 2.73. The summed E-state index contributed by atoms with van der Waals surface area (Å²) < 4.78 is 5.33. The maximum atomic E-state index is 12.3. The second kappa shape index (κ2) is 11.2. The molecule has 3 atom stereocenters. The first-order chi connectivity index (χ1) is 13.9. The van der Waals surface area contributed by atoms with Crippen LogP contribution in [0.1, 0.15) is 29.8 Å². The van der Waals surface area contributed by atoms with E-state index in [-0.39, 0.29) is 6.04 Å². The Labute approximate surface area is 170 Å². The SMILES string of the molecule is CC(N)C(NC(=O)c1ccc(C#CC#CC(C)N2CCOCC2)cc1)C(=O)NO. The molecule has 0 aliphatic carbocycles. The van der Waals surface area contributed by atoms with Gasteiger partial charge >= 0.3 is 0 Å². The van der Waals surface area contributed by atoms with E-state index in [0.717, 1.165) is 26.3 Å². The second-order valence-corrected chi connectivity index (χ2v) is 6.71. The number of hydrogen-bond donors (Lipinski definition) is 4. The van der Waals surface area contributed by atoms with Crippen LogP contribution in [-0.4, -0.2) is 66.4 Å². The number of morpholine rings is 1. The third-order valence-electron chi connectivity index (χ3n) is 4.50. The van der Waals surface area contributed by atoms with Crippen molar-refractivity contribution in [1.29, 1.82) is 0 Å². The van der Waals surface area contributed by atoms with Crippen LogP contribution in [0, 0.1) is 23.7 Å². The molecule has 1 saturated heterocycles. The van der Waals surface area contributed by atoms with Crippen molar-refractivity contribution in [3.8, 4) is 23.7 Å². The van der Waals surface area contributed by atoms with Gasteiger partial charge in [-0.25, -0.2) is 5.48 Å². The van der Waals surface area contributed by atoms with Crippen molar-refractivity contribution in [2.24, 2.45) is 5.73 Å². The molecule has 29 heavy (non-hydrogen) atoms. The Balaban J connectivity index is 1.95. The maximum Gasteiger partial charge on any atom is 0.267 e. The van der Waals surface area contributed by atoms with Gasteiger partial charge < -0.3 is 15.8 Å². The Bertz CT molecular complexity index is 824. The lowest BCUT2D eigenvalue weighted by molar-refractivity contribution is -0.131. The molecule has 0 spiro atoms. The third kappa shape index (κ3) is 6.90. The Morgan fingerprint density at radius 2 is 1.83 bits per heavy atom. The molecule has 5 N–H and O–H groups in total. The molecule has 8 heteroatoms. The summed E-state index contributed by atoms with van der Waals surface area (Å²) in [6.07, 6.45) is 0. The Hall–Kier alpha value is -2.88. The van der Waals surface area contributed by atoms with Gasteiger partial charge in [0.05, 0.1) is 19.3 Å². The predicted octanol–water partition coefficient (Wildman–Crippen LogP) is -0.287. The van der Waals surface area contributed by atoms with Crippen LogP contribution >= 0.6 is 0 Å². The molecule has 0 bridgehead atoms. The minimum Gasteiger partial charge on any atom is -0.379 e. The van der Waals surface area contributed by atoms with Gasteiger partial charge in [0.25, 0.3) is 11.8 Å². The first-order valence-corrected chi connectivity index (χ1v) is 9.36. The number of benzene rings is 1. The number of rotatable bonds is 5. The molecule has 3 unspecified atom stereocenters. The molecule has 1 aliphatic heterocycles. The van der Waals surface area contributed by atoms with E-state index < -0.39 is 23.9 Å². The van der Waals surface area contributed by atoms with Gasteiger partial charge in [-0.3, -0.25) is 19.7 Å². The highest BCUT2D eigenvalue weighted by Crippen LogP contribution is 2.05. The van der Waals surface area contributed by atoms with Gasteiger partial charge in [-0.1, -0.05) is 11.8 Å². The van der Waals surface area contributed by atoms with Crippen LogP contribution < -0.4 is 16.5 Å². The molecular formula is C21H26N4O4. The molecular weight excluding hydrogens is 372 g/mol. The predicted molar refractivity (Wildman–Crippen MR) is 108 cm³/mol. The van der Waals surface area contributed by atoms with Crippen LogP contribution in [0.25, 0.3) is 0 Å². The average Bonchev–Trinajstić information content (AvgIpc) is 2.75. The fraction of sp³-hybridized carbons (Fsp3) is 0.429. The molecule has 0 aromatic heterocycles. The van der Waals surface area contributed by atoms with E-state index in [1.54, 1.807) is 31.2 Å². The highest BCUT2D eigenvalue weighted by molar-refractivity contribution is 5.97. The summed E-state index contributed by atoms with van der Waals surface area (Å²) in [6, 6.07) is 4.99. The average molecular weight is 398 g/mol. The molecule has 1 aromatic rings. The Kier molecular flexibility index (Phi) is 8.66. The lowest BCUT2D eigenvalue weighted by Crippen LogP contribution is -2.54. The number of nitrogens with two attached hydrogens (primary N) is 1. The van der Waals surface area contributed by atoms with Crippen LogP contribution in [0.15, 0.2) is 24.3 Å². The van der Waals surface area contributed by atoms with E-state index in [9.17, 15) is 9.59 Å². The van der Waals surface area contributed by atoms with Gasteiger partial charge in [-0.15, -0.1) is 0 Å². The number of carbonyl (C=O) groups is 2. The van der Waals surface area contributed by atoms with E-state index in [4.69, 9.17) is 15.7 Å². The standard InChI is InChI=1S/C21H26N4O4/c1-15(25-11-13-29-14-12-25)5-3-4-6-17-7-9-18(10-8-17)20(26)23-19(16(2)22)21(27)24-28/h7-10,15-16,19,28H,11-14,22H2,1-2H3,(H,23,26)(H,24,27). The molecule has 1 aromatic carbocycles. The lowest BCUT2D eigenvalue weighted by atomic mass is 10.1. The first-order valence-electron chi connectivity index (χ1n) is 9.36. The normalized spacial score (nSPS) is 16.8. The van der Waals surface area contributed by atoms with Gasteiger partial charge in [0, 0.05) is 30.3 Å². The Morgan fingerprint density at radius 3 is 2.41 bits per heavy atom. The molecule has 0 radical (unpaired) electrons. The number of ether oxygens (including phenoxy) is 1. The summed E-state index contributed by atoms with van der Waals surface area (Å²) in [5.74, 6) is 10.5. The van der Waals surface area contributed by atoms with Gasteiger partial charge in [-0.2, -0.15) is 0 Å². The van der Waals surface area contributed by atoms with E-state index in [1.165, 1.54) is 5.48 Å². The fourth-order valence-electron chi connectivity index (χ4n) is 2.73. The Morgan fingerprint density at radius 1 is 1.17 bits per heavy atom. The van der Waals surface area contributed by atoms with E-state index >= 15 is 0 Å². The molecule has 154 valence electrons. The summed E-state index contributed by atoms with van der Waals surface area (Å²) in [5.41, 5.74) is 8.23. The zero-order chi connectivity index (χ0) is 21.2. The topological polar surface area (TPSA) is 117 Å². The van der Waals surface area contributed by atoms with Gasteiger partial charge in [0.15, 0.2) is 0 Å². The van der Waals surface area contributed by atoms with Crippen molar-refractivity contribution in [1.82, 2.24) is 15.7 Å². The number of nitrogens with zero attached hydrogens (tertiary/aromatic N) is 1. The molecule has 0 saturated carbocycles. The minimum atomic E-state index is -1.05. The van der Waals surface area contributed by atoms with Crippen molar-refractivity contribution >= 4 is 11.8 Å². The van der Waals surface area contributed by atoms with E-state index in [2.05, 4.69) is 33.9 Å². The van der Waals surface area contributed by atoms with Crippen molar-refractivity contribution in [2.75, 3.05) is 26.3 Å². The lowest BCUT2D eigenvalue weighted by Gasteiger charge is -2.29. The first kappa shape index (κ1) is 22.4. The van der Waals surface area contributed by atoms with Crippen molar-refractivity contribution in [2.45, 2.75) is 32.0 Å². The highest BCUT2D eigenvalue weighted by atomic mass is 16.5. The summed E-state index contributed by atoms with van der Waals surface area (Å²) in [4.78, 5) is 26.1. The summed E-state index contributed by atoms with van der Waals surface area (Å²) in [5, 5.41) is 11.2. The van der Waals surface area contributed by atoms with E-state index in [0.29, 0.717) is 11.1 Å². The monoisotopic (exact) mass is 398 g/mol. The van der Waals surface area contributed by atoms with Crippen LogP contribution in [0.3, 0.4) is 0 Å². The highest BCUT2D eigenvalue weighted by Gasteiger charge is 2.24.